The van der Waals surface area contributed by atoms with E-state index in [4.69, 9.17) is 21.1 Å². The van der Waals surface area contributed by atoms with E-state index >= 15 is 0 Å². The SMILES string of the molecule is O=C(Cc1c(F)cccc1Cl)NNC(=O)c1ccc2c(c1)OCO2. The monoisotopic (exact) mass is 350 g/mol. The van der Waals surface area contributed by atoms with Crippen LogP contribution in [0.3, 0.4) is 0 Å². The van der Waals surface area contributed by atoms with E-state index in [0.29, 0.717) is 11.5 Å². The van der Waals surface area contributed by atoms with E-state index in [-0.39, 0.29) is 29.4 Å². The number of nitrogens with one attached hydrogen (secondary N) is 2. The van der Waals surface area contributed by atoms with Crippen molar-refractivity contribution in [1.82, 2.24) is 10.9 Å². The molecule has 0 atom stereocenters. The Morgan fingerprint density at radius 1 is 1.12 bits per heavy atom. The van der Waals surface area contributed by atoms with Crippen LogP contribution in [0.4, 0.5) is 4.39 Å². The maximum atomic E-state index is 13.6. The number of rotatable bonds is 3. The van der Waals surface area contributed by atoms with Crippen LogP contribution in [0.15, 0.2) is 36.4 Å². The maximum Gasteiger partial charge on any atom is 0.269 e. The summed E-state index contributed by atoms with van der Waals surface area (Å²) in [5.41, 5.74) is 4.81. The summed E-state index contributed by atoms with van der Waals surface area (Å²) in [6.07, 6.45) is -0.299. The summed E-state index contributed by atoms with van der Waals surface area (Å²) < 4.78 is 23.9. The van der Waals surface area contributed by atoms with Crippen molar-refractivity contribution >= 4 is 23.4 Å². The first kappa shape index (κ1) is 16.1. The average Bonchev–Trinajstić information content (AvgIpc) is 3.03. The van der Waals surface area contributed by atoms with Gasteiger partial charge in [0.1, 0.15) is 5.82 Å². The summed E-state index contributed by atoms with van der Waals surface area (Å²) in [5, 5.41) is 0.146. The quantitative estimate of drug-likeness (QED) is 0.832. The number of benzene rings is 2. The Labute approximate surface area is 141 Å². The van der Waals surface area contributed by atoms with E-state index in [1.54, 1.807) is 6.07 Å². The Morgan fingerprint density at radius 3 is 2.71 bits per heavy atom. The molecule has 1 aliphatic rings. The highest BCUT2D eigenvalue weighted by Crippen LogP contribution is 2.32. The molecule has 2 amide bonds. The molecule has 1 aliphatic heterocycles. The van der Waals surface area contributed by atoms with Crippen LogP contribution in [0, 0.1) is 5.82 Å². The second-order valence-electron chi connectivity index (χ2n) is 4.95. The smallest absolute Gasteiger partial charge is 0.269 e. The van der Waals surface area contributed by atoms with Gasteiger partial charge in [0, 0.05) is 16.1 Å². The van der Waals surface area contributed by atoms with Crippen LogP contribution < -0.4 is 20.3 Å². The van der Waals surface area contributed by atoms with Gasteiger partial charge >= 0.3 is 0 Å². The molecule has 124 valence electrons. The van der Waals surface area contributed by atoms with E-state index in [2.05, 4.69) is 10.9 Å². The number of hydrogen-bond acceptors (Lipinski definition) is 4. The lowest BCUT2D eigenvalue weighted by Gasteiger charge is -2.09. The van der Waals surface area contributed by atoms with Gasteiger partial charge < -0.3 is 9.47 Å². The Hall–Kier alpha value is -2.80. The van der Waals surface area contributed by atoms with Crippen molar-refractivity contribution in [2.45, 2.75) is 6.42 Å². The number of fused-ring (bicyclic) bond motifs is 1. The molecule has 8 heteroatoms. The van der Waals surface area contributed by atoms with Crippen molar-refractivity contribution < 1.29 is 23.5 Å². The Bertz CT molecular complexity index is 792. The molecule has 0 bridgehead atoms. The van der Waals surface area contributed by atoms with Gasteiger partial charge in [0.05, 0.1) is 6.42 Å². The molecular weight excluding hydrogens is 339 g/mol. The number of halogens is 2. The van der Waals surface area contributed by atoms with Gasteiger partial charge in [-0.05, 0) is 30.3 Å². The molecule has 2 aromatic rings. The molecule has 3 rings (SSSR count). The van der Waals surface area contributed by atoms with Crippen molar-refractivity contribution in [2.75, 3.05) is 6.79 Å². The fourth-order valence-electron chi connectivity index (χ4n) is 2.14. The maximum absolute atomic E-state index is 13.6. The zero-order chi connectivity index (χ0) is 17.1. The lowest BCUT2D eigenvalue weighted by Crippen LogP contribution is -2.42. The molecule has 0 aliphatic carbocycles. The van der Waals surface area contributed by atoms with Crippen molar-refractivity contribution in [2.24, 2.45) is 0 Å². The zero-order valence-corrected chi connectivity index (χ0v) is 13.0. The molecule has 0 radical (unpaired) electrons. The highest BCUT2D eigenvalue weighted by molar-refractivity contribution is 6.31. The van der Waals surface area contributed by atoms with E-state index in [0.717, 1.165) is 0 Å². The summed E-state index contributed by atoms with van der Waals surface area (Å²) in [4.78, 5) is 23.9. The minimum atomic E-state index is -0.601. The van der Waals surface area contributed by atoms with Gasteiger partial charge in [-0.15, -0.1) is 0 Å². The number of hydrazine groups is 1. The fourth-order valence-corrected chi connectivity index (χ4v) is 2.37. The standard InChI is InChI=1S/C16H12ClFN2O4/c17-11-2-1-3-12(18)10(11)7-15(21)19-20-16(22)9-4-5-13-14(6-9)24-8-23-13/h1-6H,7-8H2,(H,19,21)(H,20,22). The molecule has 0 fully saturated rings. The van der Waals surface area contributed by atoms with Crippen LogP contribution in [0.2, 0.25) is 5.02 Å². The zero-order valence-electron chi connectivity index (χ0n) is 12.3. The lowest BCUT2D eigenvalue weighted by molar-refractivity contribution is -0.121. The molecule has 24 heavy (non-hydrogen) atoms. The van der Waals surface area contributed by atoms with Crippen molar-refractivity contribution in [3.63, 3.8) is 0 Å². The number of ether oxygens (including phenoxy) is 2. The minimum Gasteiger partial charge on any atom is -0.454 e. The summed E-state index contributed by atoms with van der Waals surface area (Å²) >= 11 is 5.85. The largest absolute Gasteiger partial charge is 0.454 e. The molecule has 6 nitrogen and oxygen atoms in total. The van der Waals surface area contributed by atoms with Gasteiger partial charge in [0.2, 0.25) is 12.7 Å². The number of amides is 2. The van der Waals surface area contributed by atoms with Crippen LogP contribution >= 0.6 is 11.6 Å². The molecule has 0 aromatic heterocycles. The van der Waals surface area contributed by atoms with Crippen LogP contribution in [-0.2, 0) is 11.2 Å². The summed E-state index contributed by atoms with van der Waals surface area (Å²) in [6, 6.07) is 8.76. The van der Waals surface area contributed by atoms with Crippen molar-refractivity contribution in [1.29, 1.82) is 0 Å². The average molecular weight is 351 g/mol. The van der Waals surface area contributed by atoms with Gasteiger partial charge in [-0.1, -0.05) is 17.7 Å². The van der Waals surface area contributed by atoms with E-state index < -0.39 is 17.6 Å². The molecule has 0 saturated carbocycles. The van der Waals surface area contributed by atoms with Crippen LogP contribution in [0.1, 0.15) is 15.9 Å². The minimum absolute atomic E-state index is 0.0639. The summed E-state index contributed by atoms with van der Waals surface area (Å²) in [5.74, 6) is -0.728. The first-order chi connectivity index (χ1) is 11.5. The molecular formula is C16H12ClFN2O4. The molecule has 1 heterocycles. The third kappa shape index (κ3) is 3.41. The number of carbonyl (C=O) groups excluding carboxylic acids is 2. The third-order valence-electron chi connectivity index (χ3n) is 3.35. The Morgan fingerprint density at radius 2 is 1.92 bits per heavy atom. The van der Waals surface area contributed by atoms with E-state index in [1.165, 1.54) is 30.3 Å². The Kier molecular flexibility index (Phi) is 4.52. The van der Waals surface area contributed by atoms with Gasteiger partial charge in [-0.3, -0.25) is 20.4 Å². The van der Waals surface area contributed by atoms with Crippen LogP contribution in [0.25, 0.3) is 0 Å². The molecule has 0 spiro atoms. The lowest BCUT2D eigenvalue weighted by atomic mass is 10.1. The normalized spacial score (nSPS) is 11.9. The first-order valence-electron chi connectivity index (χ1n) is 6.96. The van der Waals surface area contributed by atoms with Crippen LogP contribution in [0.5, 0.6) is 11.5 Å². The second-order valence-corrected chi connectivity index (χ2v) is 5.35. The first-order valence-corrected chi connectivity index (χ1v) is 7.34. The third-order valence-corrected chi connectivity index (χ3v) is 3.70. The predicted octanol–water partition coefficient (Wildman–Crippen LogP) is 2.21. The van der Waals surface area contributed by atoms with Crippen molar-refractivity contribution in [3.05, 3.63) is 58.4 Å². The molecule has 0 unspecified atom stereocenters. The van der Waals surface area contributed by atoms with Crippen LogP contribution in [-0.4, -0.2) is 18.6 Å². The second kappa shape index (κ2) is 6.76. The van der Waals surface area contributed by atoms with Gasteiger partial charge in [-0.25, -0.2) is 4.39 Å². The number of hydrogen-bond donors (Lipinski definition) is 2. The number of carbonyl (C=O) groups is 2. The Balaban J connectivity index is 1.59. The molecule has 2 N–H and O–H groups in total. The van der Waals surface area contributed by atoms with Gasteiger partial charge in [0.15, 0.2) is 11.5 Å². The highest BCUT2D eigenvalue weighted by Gasteiger charge is 2.17. The van der Waals surface area contributed by atoms with Crippen molar-refractivity contribution in [3.8, 4) is 11.5 Å². The fraction of sp³-hybridized carbons (Fsp3) is 0.125. The topological polar surface area (TPSA) is 76.7 Å². The van der Waals surface area contributed by atoms with Gasteiger partial charge in [0.25, 0.3) is 5.91 Å². The van der Waals surface area contributed by atoms with E-state index in [9.17, 15) is 14.0 Å². The molecule has 2 aromatic carbocycles. The predicted molar refractivity (Wildman–Crippen MR) is 83.3 cm³/mol. The summed E-state index contributed by atoms with van der Waals surface area (Å²) in [6.45, 7) is 0.0978. The highest BCUT2D eigenvalue weighted by atomic mass is 35.5. The molecule has 0 saturated heterocycles. The van der Waals surface area contributed by atoms with Gasteiger partial charge in [-0.2, -0.15) is 0 Å². The summed E-state index contributed by atoms with van der Waals surface area (Å²) in [7, 11) is 0. The van der Waals surface area contributed by atoms with E-state index in [1.807, 2.05) is 0 Å².